The third-order valence-electron chi connectivity index (χ3n) is 6.23. The number of nitrogens with one attached hydrogen (secondary N) is 1. The summed E-state index contributed by atoms with van der Waals surface area (Å²) < 4.78 is 6.62. The maximum Gasteiger partial charge on any atom is 0.253 e. The molecule has 0 radical (unpaired) electrons. The lowest BCUT2D eigenvalue weighted by Gasteiger charge is -2.38. The Kier molecular flexibility index (Phi) is 11.7. The summed E-state index contributed by atoms with van der Waals surface area (Å²) in [4.78, 5) is 16.4. The molecule has 1 fully saturated rings. The zero-order valence-corrected chi connectivity index (χ0v) is 23.0. The third kappa shape index (κ3) is 7.57. The van der Waals surface area contributed by atoms with Gasteiger partial charge in [0, 0.05) is 45.3 Å². The van der Waals surface area contributed by atoms with E-state index < -0.39 is 8.32 Å². The zero-order chi connectivity index (χ0) is 21.1. The van der Waals surface area contributed by atoms with Crippen LogP contribution in [0.3, 0.4) is 0 Å². The molecule has 2 atom stereocenters. The highest BCUT2D eigenvalue weighted by atomic mass is 32.1. The predicted molar refractivity (Wildman–Crippen MR) is 140 cm³/mol. The molecule has 0 spiro atoms. The lowest BCUT2D eigenvalue weighted by Crippen LogP contribution is -2.44. The Balaban J connectivity index is 0.00000420. The number of likely N-dealkylation sites (tertiary alicyclic amines) is 1. The molecule has 1 heterocycles. The van der Waals surface area contributed by atoms with Gasteiger partial charge < -0.3 is 14.6 Å². The van der Waals surface area contributed by atoms with Crippen molar-refractivity contribution in [3.8, 4) is 0 Å². The van der Waals surface area contributed by atoms with E-state index in [1.807, 2.05) is 25.2 Å². The molecular formula is C22H43N3O2S2Si. The highest BCUT2D eigenvalue weighted by Gasteiger charge is 2.40. The Hall–Kier alpha value is -0.513. The van der Waals surface area contributed by atoms with Crippen LogP contribution in [0.25, 0.3) is 0 Å². The summed E-state index contributed by atoms with van der Waals surface area (Å²) in [5, 5.41) is 3.67. The average Bonchev–Trinajstić information content (AvgIpc) is 3.04. The van der Waals surface area contributed by atoms with Gasteiger partial charge in [-0.3, -0.25) is 9.69 Å². The van der Waals surface area contributed by atoms with Crippen LogP contribution in [0.2, 0.25) is 18.1 Å². The highest BCUT2D eigenvalue weighted by Crippen LogP contribution is 2.38. The highest BCUT2D eigenvalue weighted by molar-refractivity contribution is 7.59. The van der Waals surface area contributed by atoms with Gasteiger partial charge in [0.05, 0.1) is 6.10 Å². The number of benzene rings is 1. The average molecular weight is 474 g/mol. The zero-order valence-electron chi connectivity index (χ0n) is 20.0. The topological polar surface area (TPSA) is 44.8 Å². The first kappa shape index (κ1) is 29.5. The van der Waals surface area contributed by atoms with Gasteiger partial charge in [-0.25, -0.2) is 0 Å². The molecule has 8 heteroatoms. The van der Waals surface area contributed by atoms with E-state index in [0.29, 0.717) is 6.10 Å². The van der Waals surface area contributed by atoms with Crippen LogP contribution in [0.4, 0.5) is 0 Å². The van der Waals surface area contributed by atoms with Gasteiger partial charge in [-0.1, -0.05) is 32.9 Å². The van der Waals surface area contributed by atoms with Crippen molar-refractivity contribution in [2.24, 2.45) is 0 Å². The maximum absolute atomic E-state index is 12.3. The number of likely N-dealkylation sites (N-methyl/N-ethyl adjacent to an activating group) is 1. The van der Waals surface area contributed by atoms with Gasteiger partial charge in [0.1, 0.15) is 0 Å². The number of carbonyl (C=O) groups is 1. The van der Waals surface area contributed by atoms with E-state index in [0.717, 1.165) is 37.2 Å². The smallest absolute Gasteiger partial charge is 0.253 e. The van der Waals surface area contributed by atoms with Crippen molar-refractivity contribution < 1.29 is 9.22 Å². The first-order valence-electron chi connectivity index (χ1n) is 10.3. The van der Waals surface area contributed by atoms with E-state index in [4.69, 9.17) is 4.43 Å². The van der Waals surface area contributed by atoms with Gasteiger partial charge in [0.25, 0.3) is 5.91 Å². The molecule has 1 aliphatic rings. The molecule has 174 valence electrons. The molecule has 1 aromatic rings. The molecule has 2 rings (SSSR count). The number of amides is 1. The fourth-order valence-electron chi connectivity index (χ4n) is 3.42. The van der Waals surface area contributed by atoms with Gasteiger partial charge >= 0.3 is 0 Å². The van der Waals surface area contributed by atoms with Crippen LogP contribution in [0.1, 0.15) is 49.2 Å². The van der Waals surface area contributed by atoms with E-state index in [9.17, 15) is 4.79 Å². The molecular weight excluding hydrogens is 430 g/mol. The minimum Gasteiger partial charge on any atom is -0.413 e. The summed E-state index contributed by atoms with van der Waals surface area (Å²) >= 11 is 0. The first-order chi connectivity index (χ1) is 12.9. The second kappa shape index (κ2) is 11.9. The van der Waals surface area contributed by atoms with E-state index in [-0.39, 0.29) is 44.0 Å². The Morgan fingerprint density at radius 1 is 1.30 bits per heavy atom. The summed E-state index contributed by atoms with van der Waals surface area (Å²) in [6.07, 6.45) is 1.43. The summed E-state index contributed by atoms with van der Waals surface area (Å²) in [6.45, 7) is 14.5. The second-order valence-corrected chi connectivity index (χ2v) is 14.5. The summed E-state index contributed by atoms with van der Waals surface area (Å²) in [6, 6.07) is 8.18. The van der Waals surface area contributed by atoms with Crippen LogP contribution in [-0.2, 0) is 4.43 Å². The molecule has 1 N–H and O–H groups in total. The van der Waals surface area contributed by atoms with Crippen LogP contribution in [0.5, 0.6) is 0 Å². The number of hydrogen-bond donors (Lipinski definition) is 1. The van der Waals surface area contributed by atoms with Gasteiger partial charge in [-0.2, -0.15) is 27.0 Å². The van der Waals surface area contributed by atoms with E-state index in [1.54, 1.807) is 19.0 Å². The SMILES string of the molecule is CN[C@@H](CN1CCC(O[Si](C)(C)C(C)(C)C)C1)c1cccc(C(=O)N(C)C)c1.S.S. The summed E-state index contributed by atoms with van der Waals surface area (Å²) in [5.41, 5.74) is 1.90. The normalized spacial score (nSPS) is 18.3. The molecule has 0 saturated carbocycles. The number of nitrogens with zero attached hydrogens (tertiary/aromatic N) is 2. The lowest BCUT2D eigenvalue weighted by atomic mass is 10.0. The Morgan fingerprint density at radius 2 is 1.93 bits per heavy atom. The molecule has 5 nitrogen and oxygen atoms in total. The molecule has 30 heavy (non-hydrogen) atoms. The largest absolute Gasteiger partial charge is 0.413 e. The van der Waals surface area contributed by atoms with Crippen LogP contribution >= 0.6 is 27.0 Å². The Bertz CT molecular complexity index is 681. The number of carbonyl (C=O) groups excluding carboxylic acids is 1. The van der Waals surface area contributed by atoms with Crippen molar-refractivity contribution in [3.05, 3.63) is 35.4 Å². The second-order valence-electron chi connectivity index (χ2n) is 9.71. The quantitative estimate of drug-likeness (QED) is 0.609. The monoisotopic (exact) mass is 473 g/mol. The van der Waals surface area contributed by atoms with E-state index in [2.05, 4.69) is 50.1 Å². The van der Waals surface area contributed by atoms with E-state index >= 15 is 0 Å². The number of rotatable bonds is 7. The molecule has 1 aromatic carbocycles. The van der Waals surface area contributed by atoms with Crippen molar-refractivity contribution in [2.45, 2.75) is 57.5 Å². The fraction of sp³-hybridized carbons (Fsp3) is 0.682. The van der Waals surface area contributed by atoms with Crippen LogP contribution < -0.4 is 5.32 Å². The van der Waals surface area contributed by atoms with Crippen LogP contribution in [0, 0.1) is 0 Å². The van der Waals surface area contributed by atoms with Gasteiger partial charge in [0.15, 0.2) is 8.32 Å². The van der Waals surface area contributed by atoms with Crippen molar-refractivity contribution in [2.75, 3.05) is 40.8 Å². The van der Waals surface area contributed by atoms with Crippen LogP contribution in [-0.4, -0.2) is 70.9 Å². The van der Waals surface area contributed by atoms with Gasteiger partial charge in [-0.05, 0) is 49.3 Å². The first-order valence-corrected chi connectivity index (χ1v) is 13.2. The summed E-state index contributed by atoms with van der Waals surface area (Å²) in [7, 11) is 3.84. The van der Waals surface area contributed by atoms with Crippen molar-refractivity contribution in [1.82, 2.24) is 15.1 Å². The minimum absolute atomic E-state index is 0. The van der Waals surface area contributed by atoms with Crippen molar-refractivity contribution >= 4 is 41.2 Å². The van der Waals surface area contributed by atoms with Crippen molar-refractivity contribution in [1.29, 1.82) is 0 Å². The third-order valence-corrected chi connectivity index (χ3v) is 10.8. The van der Waals surface area contributed by atoms with Crippen LogP contribution in [0.15, 0.2) is 24.3 Å². The molecule has 1 saturated heterocycles. The predicted octanol–water partition coefficient (Wildman–Crippen LogP) is 3.97. The van der Waals surface area contributed by atoms with E-state index in [1.165, 1.54) is 0 Å². The standard InChI is InChI=1S/C22H39N3O2Si.2H2S/c1-22(2,3)28(7,8)27-19-12-13-25(15-19)16-20(23-4)17-10-9-11-18(14-17)21(26)24(5)6;;/h9-11,14,19-20,23H,12-13,15-16H2,1-8H3;2*1H2/t19?,20-;;/m0../s1. The summed E-state index contributed by atoms with van der Waals surface area (Å²) in [5.74, 6) is 0.0423. The molecule has 1 aliphatic heterocycles. The molecule has 1 unspecified atom stereocenters. The van der Waals surface area contributed by atoms with Gasteiger partial charge in [-0.15, -0.1) is 0 Å². The molecule has 0 bridgehead atoms. The Labute approximate surface area is 198 Å². The maximum atomic E-state index is 12.3. The van der Waals surface area contributed by atoms with Crippen molar-refractivity contribution in [3.63, 3.8) is 0 Å². The Morgan fingerprint density at radius 3 is 2.47 bits per heavy atom. The fourth-order valence-corrected chi connectivity index (χ4v) is 4.80. The van der Waals surface area contributed by atoms with Gasteiger partial charge in [0.2, 0.25) is 0 Å². The molecule has 0 aromatic heterocycles. The molecule has 0 aliphatic carbocycles. The minimum atomic E-state index is -1.73. The number of hydrogen-bond acceptors (Lipinski definition) is 4. The lowest BCUT2D eigenvalue weighted by molar-refractivity contribution is 0.0827. The molecule has 1 amide bonds.